The van der Waals surface area contributed by atoms with Crippen molar-refractivity contribution in [3.8, 4) is 0 Å². The quantitative estimate of drug-likeness (QED) is 0.408. The summed E-state index contributed by atoms with van der Waals surface area (Å²) in [5.41, 5.74) is 14.1. The molecule has 0 bridgehead atoms. The van der Waals surface area contributed by atoms with Crippen molar-refractivity contribution >= 4 is 34.7 Å². The van der Waals surface area contributed by atoms with Gasteiger partial charge in [0.25, 0.3) is 0 Å². The number of hydrogen-bond donors (Lipinski definition) is 3. The maximum Gasteiger partial charge on any atom is 0.329 e. The van der Waals surface area contributed by atoms with Crippen LogP contribution in [0.15, 0.2) is 54.7 Å². The highest BCUT2D eigenvalue weighted by Crippen LogP contribution is 2.21. The predicted octanol–water partition coefficient (Wildman–Crippen LogP) is 4.11. The van der Waals surface area contributed by atoms with Crippen molar-refractivity contribution in [3.05, 3.63) is 81.0 Å². The predicted molar refractivity (Wildman–Crippen MR) is 116 cm³/mol. The molecule has 0 unspecified atom stereocenters. The summed E-state index contributed by atoms with van der Waals surface area (Å²) in [4.78, 5) is 17.5. The van der Waals surface area contributed by atoms with Crippen LogP contribution in [0.5, 0.6) is 0 Å². The summed E-state index contributed by atoms with van der Waals surface area (Å²) in [6, 6.07) is 15.3. The zero-order chi connectivity index (χ0) is 21.2. The zero-order valence-corrected chi connectivity index (χ0v) is 16.8. The van der Waals surface area contributed by atoms with E-state index in [1.54, 1.807) is 24.3 Å². The molecule has 3 rings (SSSR count). The van der Waals surface area contributed by atoms with Gasteiger partial charge in [0.05, 0.1) is 4.92 Å². The fourth-order valence-corrected chi connectivity index (χ4v) is 2.68. The van der Waals surface area contributed by atoms with Crippen LogP contribution in [0.4, 0.5) is 23.1 Å². The van der Waals surface area contributed by atoms with Gasteiger partial charge < -0.3 is 16.8 Å². The molecule has 8 nitrogen and oxygen atoms in total. The summed E-state index contributed by atoms with van der Waals surface area (Å²) < 4.78 is 0. The molecule has 0 spiro atoms. The molecule has 0 saturated carbocycles. The van der Waals surface area contributed by atoms with Gasteiger partial charge in [0.2, 0.25) is 11.8 Å². The van der Waals surface area contributed by atoms with Crippen molar-refractivity contribution < 1.29 is 4.92 Å². The number of hydrogen-bond acceptors (Lipinski definition) is 7. The second-order valence-electron chi connectivity index (χ2n) is 6.01. The lowest BCUT2D eigenvalue weighted by molar-refractivity contribution is -0.384. The molecule has 0 aliphatic heterocycles. The standard InChI is InChI=1S/C10H8ClN5O2.C10H15N/c11-6-1-3-7(4-2-6)14-10-13-5-8(16(17)18)9(12)15-10;1-2-9-5-3-4-6-10(9)7-8-11/h1-5H,(H3,12,13,14,15);3-6H,2,7-8,11H2,1H3. The molecule has 0 amide bonds. The maximum absolute atomic E-state index is 10.5. The molecule has 5 N–H and O–H groups in total. The Labute approximate surface area is 174 Å². The van der Waals surface area contributed by atoms with Gasteiger partial charge >= 0.3 is 5.69 Å². The van der Waals surface area contributed by atoms with Gasteiger partial charge in [-0.05, 0) is 54.8 Å². The lowest BCUT2D eigenvalue weighted by atomic mass is 10.0. The number of aromatic nitrogens is 2. The smallest absolute Gasteiger partial charge is 0.329 e. The average molecular weight is 415 g/mol. The second kappa shape index (κ2) is 10.9. The van der Waals surface area contributed by atoms with Crippen LogP contribution < -0.4 is 16.8 Å². The Morgan fingerprint density at radius 2 is 1.79 bits per heavy atom. The Balaban J connectivity index is 0.000000234. The van der Waals surface area contributed by atoms with Gasteiger partial charge in [-0.15, -0.1) is 0 Å². The Hall–Kier alpha value is -3.23. The minimum Gasteiger partial charge on any atom is -0.378 e. The Morgan fingerprint density at radius 3 is 2.34 bits per heavy atom. The number of nitrogens with zero attached hydrogens (tertiary/aromatic N) is 3. The zero-order valence-electron chi connectivity index (χ0n) is 16.0. The van der Waals surface area contributed by atoms with Crippen LogP contribution in [0.2, 0.25) is 5.02 Å². The molecule has 0 aliphatic carbocycles. The van der Waals surface area contributed by atoms with E-state index >= 15 is 0 Å². The minimum absolute atomic E-state index is 0.181. The molecule has 0 radical (unpaired) electrons. The van der Waals surface area contributed by atoms with Crippen LogP contribution >= 0.6 is 11.6 Å². The van der Waals surface area contributed by atoms with Gasteiger partial charge in [0, 0.05) is 10.7 Å². The minimum atomic E-state index is -0.637. The van der Waals surface area contributed by atoms with Crippen molar-refractivity contribution in [2.75, 3.05) is 17.6 Å². The Morgan fingerprint density at radius 1 is 1.14 bits per heavy atom. The molecular weight excluding hydrogens is 392 g/mol. The number of nitrogen functional groups attached to an aromatic ring is 1. The van der Waals surface area contributed by atoms with E-state index in [0.29, 0.717) is 10.7 Å². The number of aryl methyl sites for hydroxylation is 1. The lowest BCUT2D eigenvalue weighted by Crippen LogP contribution is -2.04. The van der Waals surface area contributed by atoms with Crippen molar-refractivity contribution in [3.63, 3.8) is 0 Å². The van der Waals surface area contributed by atoms with Gasteiger partial charge in [-0.25, -0.2) is 4.98 Å². The van der Waals surface area contributed by atoms with Crippen molar-refractivity contribution in [2.24, 2.45) is 5.73 Å². The van der Waals surface area contributed by atoms with Crippen LogP contribution in [0.25, 0.3) is 0 Å². The summed E-state index contributed by atoms with van der Waals surface area (Å²) in [6.45, 7) is 2.92. The summed E-state index contributed by atoms with van der Waals surface area (Å²) in [7, 11) is 0. The maximum atomic E-state index is 10.5. The lowest BCUT2D eigenvalue weighted by Gasteiger charge is -2.05. The normalized spacial score (nSPS) is 10.0. The first-order valence-electron chi connectivity index (χ1n) is 9.01. The van der Waals surface area contributed by atoms with Crippen LogP contribution in [0.3, 0.4) is 0 Å². The third-order valence-electron chi connectivity index (χ3n) is 4.01. The number of rotatable bonds is 6. The van der Waals surface area contributed by atoms with Gasteiger partial charge in [-0.1, -0.05) is 42.8 Å². The van der Waals surface area contributed by atoms with Crippen molar-refractivity contribution in [1.29, 1.82) is 0 Å². The first-order valence-corrected chi connectivity index (χ1v) is 9.38. The van der Waals surface area contributed by atoms with E-state index in [-0.39, 0.29) is 17.5 Å². The molecule has 1 aromatic heterocycles. The molecule has 0 atom stereocenters. The van der Waals surface area contributed by atoms with E-state index in [4.69, 9.17) is 23.1 Å². The Bertz CT molecular complexity index is 950. The largest absolute Gasteiger partial charge is 0.378 e. The van der Waals surface area contributed by atoms with E-state index < -0.39 is 4.92 Å². The number of nitrogens with one attached hydrogen (secondary N) is 1. The van der Waals surface area contributed by atoms with Gasteiger partial charge in [-0.3, -0.25) is 10.1 Å². The van der Waals surface area contributed by atoms with Crippen LogP contribution in [0, 0.1) is 10.1 Å². The first kappa shape index (κ1) is 22.1. The van der Waals surface area contributed by atoms with E-state index in [2.05, 4.69) is 46.5 Å². The molecule has 29 heavy (non-hydrogen) atoms. The fraction of sp³-hybridized carbons (Fsp3) is 0.200. The van der Waals surface area contributed by atoms with E-state index in [0.717, 1.165) is 25.6 Å². The third kappa shape index (κ3) is 6.70. The molecule has 3 aromatic rings. The number of benzene rings is 2. The molecule has 1 heterocycles. The monoisotopic (exact) mass is 414 g/mol. The summed E-state index contributed by atoms with van der Waals surface area (Å²) in [5.74, 6) is -0.00751. The topological polar surface area (TPSA) is 133 Å². The van der Waals surface area contributed by atoms with Gasteiger partial charge in [-0.2, -0.15) is 4.98 Å². The number of nitrogens with two attached hydrogens (primary N) is 2. The molecule has 0 aliphatic rings. The van der Waals surface area contributed by atoms with Gasteiger partial charge in [0.15, 0.2) is 0 Å². The second-order valence-corrected chi connectivity index (χ2v) is 6.45. The van der Waals surface area contributed by atoms with Crippen molar-refractivity contribution in [1.82, 2.24) is 9.97 Å². The number of nitro groups is 1. The molecule has 152 valence electrons. The van der Waals surface area contributed by atoms with Crippen LogP contribution in [-0.4, -0.2) is 21.4 Å². The summed E-state index contributed by atoms with van der Waals surface area (Å²) in [6.07, 6.45) is 3.17. The van der Waals surface area contributed by atoms with E-state index in [9.17, 15) is 10.1 Å². The molecule has 0 fully saturated rings. The van der Waals surface area contributed by atoms with Crippen molar-refractivity contribution in [2.45, 2.75) is 19.8 Å². The Kier molecular flexibility index (Phi) is 8.32. The highest BCUT2D eigenvalue weighted by atomic mass is 35.5. The molecule has 9 heteroatoms. The summed E-state index contributed by atoms with van der Waals surface area (Å²) >= 11 is 5.74. The van der Waals surface area contributed by atoms with E-state index in [1.165, 1.54) is 11.1 Å². The highest BCUT2D eigenvalue weighted by molar-refractivity contribution is 6.30. The SMILES string of the molecule is CCc1ccccc1CCN.Nc1nc(Nc2ccc(Cl)cc2)ncc1[N+](=O)[O-]. The van der Waals surface area contributed by atoms with E-state index in [1.807, 2.05) is 0 Å². The fourth-order valence-electron chi connectivity index (χ4n) is 2.55. The number of anilines is 3. The third-order valence-corrected chi connectivity index (χ3v) is 4.26. The summed E-state index contributed by atoms with van der Waals surface area (Å²) in [5, 5.41) is 14.0. The highest BCUT2D eigenvalue weighted by Gasteiger charge is 2.14. The average Bonchev–Trinajstić information content (AvgIpc) is 2.71. The first-order chi connectivity index (χ1) is 13.9. The van der Waals surface area contributed by atoms with Crippen LogP contribution in [0.1, 0.15) is 18.1 Å². The molecule has 2 aromatic carbocycles. The van der Waals surface area contributed by atoms with Gasteiger partial charge in [0.1, 0.15) is 6.20 Å². The number of halogens is 1. The van der Waals surface area contributed by atoms with Crippen LogP contribution in [-0.2, 0) is 12.8 Å². The molecular formula is C20H23ClN6O2. The molecule has 0 saturated heterocycles.